The van der Waals surface area contributed by atoms with Gasteiger partial charge in [-0.15, -0.1) is 0 Å². The zero-order chi connectivity index (χ0) is 15.0. The van der Waals surface area contributed by atoms with Gasteiger partial charge in [0.1, 0.15) is 5.84 Å². The highest BCUT2D eigenvalue weighted by Gasteiger charge is 2.07. The summed E-state index contributed by atoms with van der Waals surface area (Å²) in [6, 6.07) is 5.40. The predicted molar refractivity (Wildman–Crippen MR) is 85.5 cm³/mol. The maximum atomic E-state index is 7.37. The lowest BCUT2D eigenvalue weighted by atomic mass is 10.1. The van der Waals surface area contributed by atoms with E-state index in [0.717, 1.165) is 12.0 Å². The molecule has 3 N–H and O–H groups in total. The zero-order valence-electron chi connectivity index (χ0n) is 12.4. The van der Waals surface area contributed by atoms with Crippen molar-refractivity contribution in [3.63, 3.8) is 0 Å². The Labute approximate surface area is 127 Å². The lowest BCUT2D eigenvalue weighted by molar-refractivity contribution is 0.0459. The van der Waals surface area contributed by atoms with Crippen molar-refractivity contribution >= 4 is 17.4 Å². The number of benzene rings is 1. The molecule has 1 aromatic rings. The van der Waals surface area contributed by atoms with Crippen LogP contribution in [-0.4, -0.2) is 11.9 Å². The minimum Gasteiger partial charge on any atom is -0.384 e. The van der Waals surface area contributed by atoms with Crippen molar-refractivity contribution in [2.24, 2.45) is 5.73 Å². The Bertz CT molecular complexity index is 434. The van der Waals surface area contributed by atoms with Crippen LogP contribution in [0, 0.1) is 5.41 Å². The second kappa shape index (κ2) is 8.98. The van der Waals surface area contributed by atoms with E-state index in [4.69, 9.17) is 27.5 Å². The summed E-state index contributed by atoms with van der Waals surface area (Å²) in [6.45, 7) is 4.82. The van der Waals surface area contributed by atoms with Gasteiger partial charge in [-0.2, -0.15) is 0 Å². The van der Waals surface area contributed by atoms with Gasteiger partial charge in [0.2, 0.25) is 0 Å². The van der Waals surface area contributed by atoms with Crippen molar-refractivity contribution in [2.75, 3.05) is 0 Å². The second-order valence-corrected chi connectivity index (χ2v) is 5.60. The van der Waals surface area contributed by atoms with Gasteiger partial charge in [-0.1, -0.05) is 56.3 Å². The molecular weight excluding hydrogens is 272 g/mol. The van der Waals surface area contributed by atoms with Gasteiger partial charge in [0.25, 0.3) is 0 Å². The molecule has 0 aliphatic carbocycles. The van der Waals surface area contributed by atoms with Crippen LogP contribution >= 0.6 is 11.6 Å². The summed E-state index contributed by atoms with van der Waals surface area (Å²) >= 11 is 6.17. The Kier molecular flexibility index (Phi) is 7.63. The molecule has 4 heteroatoms. The number of halogens is 1. The number of hydrogen-bond donors (Lipinski definition) is 2. The summed E-state index contributed by atoms with van der Waals surface area (Å²) in [5.41, 5.74) is 7.01. The van der Waals surface area contributed by atoms with Crippen LogP contribution < -0.4 is 5.73 Å². The van der Waals surface area contributed by atoms with E-state index in [0.29, 0.717) is 17.2 Å². The first-order valence-electron chi connectivity index (χ1n) is 7.29. The molecule has 0 bridgehead atoms. The van der Waals surface area contributed by atoms with E-state index in [9.17, 15) is 0 Å². The van der Waals surface area contributed by atoms with Crippen LogP contribution in [0.3, 0.4) is 0 Å². The maximum absolute atomic E-state index is 7.37. The molecule has 0 radical (unpaired) electrons. The Morgan fingerprint density at radius 1 is 1.35 bits per heavy atom. The van der Waals surface area contributed by atoms with Crippen molar-refractivity contribution in [3.05, 3.63) is 34.3 Å². The van der Waals surface area contributed by atoms with Gasteiger partial charge in [0.15, 0.2) is 0 Å². The molecule has 20 heavy (non-hydrogen) atoms. The number of hydrogen-bond acceptors (Lipinski definition) is 2. The fourth-order valence-corrected chi connectivity index (χ4v) is 2.24. The number of nitrogen functional groups attached to an aromatic ring is 1. The first-order chi connectivity index (χ1) is 9.54. The van der Waals surface area contributed by atoms with E-state index in [1.807, 2.05) is 6.07 Å². The van der Waals surface area contributed by atoms with Gasteiger partial charge in [0.05, 0.1) is 12.7 Å². The Morgan fingerprint density at radius 3 is 2.70 bits per heavy atom. The van der Waals surface area contributed by atoms with Crippen LogP contribution in [0.5, 0.6) is 0 Å². The van der Waals surface area contributed by atoms with Crippen molar-refractivity contribution < 1.29 is 4.74 Å². The van der Waals surface area contributed by atoms with Crippen LogP contribution in [0.15, 0.2) is 18.2 Å². The van der Waals surface area contributed by atoms with Crippen molar-refractivity contribution in [2.45, 2.75) is 58.7 Å². The molecule has 0 aliphatic rings. The quantitative estimate of drug-likeness (QED) is 0.400. The third-order valence-corrected chi connectivity index (χ3v) is 3.70. The molecule has 0 aliphatic heterocycles. The van der Waals surface area contributed by atoms with E-state index in [1.165, 1.54) is 25.7 Å². The standard InChI is InChI=1S/C16H25ClN2O/c1-3-4-5-6-7-12(2)20-11-14-9-8-13(16(18)19)10-15(14)17/h8-10,12H,3-7,11H2,1-2H3,(H3,18,19). The molecule has 1 unspecified atom stereocenters. The minimum absolute atomic E-state index is 0.0312. The van der Waals surface area contributed by atoms with Crippen LogP contribution in [-0.2, 0) is 11.3 Å². The fraction of sp³-hybridized carbons (Fsp3) is 0.562. The topological polar surface area (TPSA) is 59.1 Å². The average Bonchev–Trinajstić information content (AvgIpc) is 2.42. The van der Waals surface area contributed by atoms with E-state index < -0.39 is 0 Å². The summed E-state index contributed by atoms with van der Waals surface area (Å²) in [7, 11) is 0. The summed E-state index contributed by atoms with van der Waals surface area (Å²) in [5, 5.41) is 7.98. The number of nitrogens with one attached hydrogen (secondary N) is 1. The monoisotopic (exact) mass is 296 g/mol. The number of ether oxygens (including phenoxy) is 1. The lowest BCUT2D eigenvalue weighted by Gasteiger charge is -2.14. The van der Waals surface area contributed by atoms with Crippen molar-refractivity contribution in [1.29, 1.82) is 5.41 Å². The van der Waals surface area contributed by atoms with Gasteiger partial charge in [-0.3, -0.25) is 5.41 Å². The molecule has 0 saturated heterocycles. The number of unbranched alkanes of at least 4 members (excludes halogenated alkanes) is 3. The molecule has 0 saturated carbocycles. The highest BCUT2D eigenvalue weighted by molar-refractivity contribution is 6.31. The number of amidine groups is 1. The fourth-order valence-electron chi connectivity index (χ4n) is 2.01. The molecular formula is C16H25ClN2O. The molecule has 0 aromatic heterocycles. The molecule has 0 heterocycles. The first kappa shape index (κ1) is 17.0. The highest BCUT2D eigenvalue weighted by atomic mass is 35.5. The number of nitrogens with two attached hydrogens (primary N) is 1. The van der Waals surface area contributed by atoms with E-state index in [2.05, 4.69) is 13.8 Å². The van der Waals surface area contributed by atoms with Gasteiger partial charge < -0.3 is 10.5 Å². The molecule has 1 aromatic carbocycles. The van der Waals surface area contributed by atoms with Gasteiger partial charge >= 0.3 is 0 Å². The number of rotatable bonds is 9. The molecule has 0 spiro atoms. The van der Waals surface area contributed by atoms with Crippen LogP contribution in [0.2, 0.25) is 5.02 Å². The third-order valence-electron chi connectivity index (χ3n) is 3.35. The highest BCUT2D eigenvalue weighted by Crippen LogP contribution is 2.20. The molecule has 0 amide bonds. The summed E-state index contributed by atoms with van der Waals surface area (Å²) < 4.78 is 5.82. The largest absolute Gasteiger partial charge is 0.384 e. The lowest BCUT2D eigenvalue weighted by Crippen LogP contribution is -2.12. The van der Waals surface area contributed by atoms with Gasteiger partial charge in [-0.05, 0) is 25.0 Å². The first-order valence-corrected chi connectivity index (χ1v) is 7.66. The van der Waals surface area contributed by atoms with E-state index in [-0.39, 0.29) is 11.9 Å². The van der Waals surface area contributed by atoms with E-state index in [1.54, 1.807) is 12.1 Å². The SMILES string of the molecule is CCCCCCC(C)OCc1ccc(C(=N)N)cc1Cl. The Hall–Kier alpha value is -1.06. The molecule has 1 atom stereocenters. The summed E-state index contributed by atoms with van der Waals surface area (Å²) in [5.74, 6) is 0.0312. The van der Waals surface area contributed by atoms with Crippen LogP contribution in [0.1, 0.15) is 57.1 Å². The van der Waals surface area contributed by atoms with Crippen molar-refractivity contribution in [3.8, 4) is 0 Å². The zero-order valence-corrected chi connectivity index (χ0v) is 13.2. The molecule has 3 nitrogen and oxygen atoms in total. The van der Waals surface area contributed by atoms with E-state index >= 15 is 0 Å². The maximum Gasteiger partial charge on any atom is 0.122 e. The molecule has 1 rings (SSSR count). The normalized spacial score (nSPS) is 12.3. The summed E-state index contributed by atoms with van der Waals surface area (Å²) in [4.78, 5) is 0. The van der Waals surface area contributed by atoms with Gasteiger partial charge in [0, 0.05) is 10.6 Å². The minimum atomic E-state index is 0.0312. The molecule has 112 valence electrons. The molecule has 0 fully saturated rings. The predicted octanol–water partition coefficient (Wildman–Crippen LogP) is 4.50. The second-order valence-electron chi connectivity index (χ2n) is 5.19. The van der Waals surface area contributed by atoms with Crippen molar-refractivity contribution in [1.82, 2.24) is 0 Å². The Morgan fingerprint density at radius 2 is 2.10 bits per heavy atom. The van der Waals surface area contributed by atoms with Crippen LogP contribution in [0.25, 0.3) is 0 Å². The Balaban J connectivity index is 2.39. The summed E-state index contributed by atoms with van der Waals surface area (Å²) in [6.07, 6.45) is 6.38. The average molecular weight is 297 g/mol. The van der Waals surface area contributed by atoms with Gasteiger partial charge in [-0.25, -0.2) is 0 Å². The smallest absolute Gasteiger partial charge is 0.122 e. The van der Waals surface area contributed by atoms with Crippen LogP contribution in [0.4, 0.5) is 0 Å². The third kappa shape index (κ3) is 5.93.